The Bertz CT molecular complexity index is 713. The summed E-state index contributed by atoms with van der Waals surface area (Å²) >= 11 is 3.53. The van der Waals surface area contributed by atoms with Crippen molar-refractivity contribution < 1.29 is 9.53 Å². The molecule has 1 fully saturated rings. The van der Waals surface area contributed by atoms with Gasteiger partial charge in [0.05, 0.1) is 5.56 Å². The van der Waals surface area contributed by atoms with Gasteiger partial charge in [0.1, 0.15) is 12.4 Å². The Balaban J connectivity index is 1.62. The fraction of sp³-hybridized carbons (Fsp3) is 0.350. The van der Waals surface area contributed by atoms with Gasteiger partial charge in [-0.05, 0) is 46.2 Å². The number of rotatable bonds is 5. The summed E-state index contributed by atoms with van der Waals surface area (Å²) in [6.07, 6.45) is 0. The molecule has 25 heavy (non-hydrogen) atoms. The predicted molar refractivity (Wildman–Crippen MR) is 103 cm³/mol. The predicted octanol–water partition coefficient (Wildman–Crippen LogP) is 3.81. The molecule has 0 atom stereocenters. The lowest BCUT2D eigenvalue weighted by molar-refractivity contribution is 0.0642. The van der Waals surface area contributed by atoms with Crippen LogP contribution in [0.5, 0.6) is 5.75 Å². The summed E-state index contributed by atoms with van der Waals surface area (Å²) in [6.45, 7) is 7.16. The van der Waals surface area contributed by atoms with Crippen LogP contribution in [0.25, 0.3) is 0 Å². The van der Waals surface area contributed by atoms with E-state index in [-0.39, 0.29) is 5.91 Å². The normalized spacial score (nSPS) is 15.2. The van der Waals surface area contributed by atoms with Crippen LogP contribution >= 0.6 is 15.9 Å². The van der Waals surface area contributed by atoms with Gasteiger partial charge in [0.15, 0.2) is 0 Å². The van der Waals surface area contributed by atoms with E-state index in [1.165, 1.54) is 0 Å². The van der Waals surface area contributed by atoms with E-state index >= 15 is 0 Å². The van der Waals surface area contributed by atoms with E-state index in [9.17, 15) is 4.79 Å². The molecule has 2 aromatic carbocycles. The van der Waals surface area contributed by atoms with Crippen molar-refractivity contribution in [2.24, 2.45) is 0 Å². The van der Waals surface area contributed by atoms with Crippen LogP contribution < -0.4 is 4.74 Å². The highest BCUT2D eigenvalue weighted by Gasteiger charge is 2.22. The van der Waals surface area contributed by atoms with E-state index < -0.39 is 0 Å². The van der Waals surface area contributed by atoms with Crippen molar-refractivity contribution >= 4 is 21.8 Å². The molecule has 0 radical (unpaired) electrons. The Hall–Kier alpha value is -1.85. The minimum atomic E-state index is 0.0808. The van der Waals surface area contributed by atoms with Gasteiger partial charge in [-0.2, -0.15) is 0 Å². The standard InChI is InChI=1S/C20H23BrN2O2/c1-2-22-10-12-23(13-11-22)20(24)18-9-8-17(14-19(18)21)25-15-16-6-4-3-5-7-16/h3-9,14H,2,10-13,15H2,1H3. The minimum Gasteiger partial charge on any atom is -0.489 e. The zero-order valence-electron chi connectivity index (χ0n) is 14.5. The van der Waals surface area contributed by atoms with Crippen LogP contribution in [-0.4, -0.2) is 48.4 Å². The fourth-order valence-electron chi connectivity index (χ4n) is 2.94. The molecule has 3 rings (SSSR count). The SMILES string of the molecule is CCN1CCN(C(=O)c2ccc(OCc3ccccc3)cc2Br)CC1. The van der Waals surface area contributed by atoms with Crippen LogP contribution in [0.2, 0.25) is 0 Å². The van der Waals surface area contributed by atoms with E-state index in [1.807, 2.05) is 53.4 Å². The van der Waals surface area contributed by atoms with E-state index in [4.69, 9.17) is 4.74 Å². The van der Waals surface area contributed by atoms with E-state index in [1.54, 1.807) is 0 Å². The number of piperazine rings is 1. The van der Waals surface area contributed by atoms with Crippen LogP contribution in [0.15, 0.2) is 53.0 Å². The van der Waals surface area contributed by atoms with Gasteiger partial charge in [0.25, 0.3) is 5.91 Å². The molecule has 1 amide bonds. The van der Waals surface area contributed by atoms with Crippen LogP contribution in [-0.2, 0) is 6.61 Å². The zero-order chi connectivity index (χ0) is 17.6. The number of hydrogen-bond acceptors (Lipinski definition) is 3. The second-order valence-corrected chi connectivity index (χ2v) is 7.00. The molecule has 0 aromatic heterocycles. The topological polar surface area (TPSA) is 32.8 Å². The Morgan fingerprint density at radius 1 is 1.08 bits per heavy atom. The molecule has 0 aliphatic carbocycles. The first-order valence-electron chi connectivity index (χ1n) is 8.65. The number of ether oxygens (including phenoxy) is 1. The third-order valence-electron chi connectivity index (χ3n) is 4.53. The summed E-state index contributed by atoms with van der Waals surface area (Å²) in [6, 6.07) is 15.6. The first kappa shape index (κ1) is 18.0. The van der Waals surface area contributed by atoms with Crippen molar-refractivity contribution in [1.29, 1.82) is 0 Å². The highest BCUT2D eigenvalue weighted by molar-refractivity contribution is 9.10. The Labute approximate surface area is 157 Å². The highest BCUT2D eigenvalue weighted by atomic mass is 79.9. The average molecular weight is 403 g/mol. The molecule has 0 bridgehead atoms. The molecule has 0 spiro atoms. The molecular formula is C20H23BrN2O2. The Morgan fingerprint density at radius 2 is 1.80 bits per heavy atom. The number of halogens is 1. The van der Waals surface area contributed by atoms with Gasteiger partial charge in [-0.3, -0.25) is 4.79 Å². The molecule has 0 unspecified atom stereocenters. The minimum absolute atomic E-state index is 0.0808. The monoisotopic (exact) mass is 402 g/mol. The molecular weight excluding hydrogens is 380 g/mol. The lowest BCUT2D eigenvalue weighted by Crippen LogP contribution is -2.48. The van der Waals surface area contributed by atoms with Gasteiger partial charge < -0.3 is 14.5 Å². The van der Waals surface area contributed by atoms with Gasteiger partial charge >= 0.3 is 0 Å². The molecule has 1 saturated heterocycles. The molecule has 1 aliphatic rings. The van der Waals surface area contributed by atoms with Crippen molar-refractivity contribution in [2.75, 3.05) is 32.7 Å². The summed E-state index contributed by atoms with van der Waals surface area (Å²) in [4.78, 5) is 17.0. The molecule has 5 heteroatoms. The smallest absolute Gasteiger partial charge is 0.255 e. The second-order valence-electron chi connectivity index (χ2n) is 6.14. The number of benzene rings is 2. The van der Waals surface area contributed by atoms with Crippen molar-refractivity contribution in [3.05, 3.63) is 64.1 Å². The maximum atomic E-state index is 12.7. The van der Waals surface area contributed by atoms with Gasteiger partial charge in [-0.15, -0.1) is 0 Å². The lowest BCUT2D eigenvalue weighted by atomic mass is 10.1. The number of carbonyl (C=O) groups excluding carboxylic acids is 1. The molecule has 132 valence electrons. The number of likely N-dealkylation sites (N-methyl/N-ethyl adjacent to an activating group) is 1. The number of carbonyl (C=O) groups is 1. The molecule has 0 saturated carbocycles. The van der Waals surface area contributed by atoms with Crippen molar-refractivity contribution in [2.45, 2.75) is 13.5 Å². The Kier molecular flexibility index (Phi) is 6.10. The number of amides is 1. The molecule has 1 aliphatic heterocycles. The van der Waals surface area contributed by atoms with Gasteiger partial charge in [0, 0.05) is 30.7 Å². The van der Waals surface area contributed by atoms with Crippen LogP contribution in [0.1, 0.15) is 22.8 Å². The number of hydrogen-bond donors (Lipinski definition) is 0. The number of nitrogens with zero attached hydrogens (tertiary/aromatic N) is 2. The fourth-order valence-corrected chi connectivity index (χ4v) is 3.46. The van der Waals surface area contributed by atoms with Crippen molar-refractivity contribution in [3.63, 3.8) is 0 Å². The second kappa shape index (κ2) is 8.50. The maximum absolute atomic E-state index is 12.7. The molecule has 1 heterocycles. The summed E-state index contributed by atoms with van der Waals surface area (Å²) in [5, 5.41) is 0. The van der Waals surface area contributed by atoms with Crippen LogP contribution in [0, 0.1) is 0 Å². The summed E-state index contributed by atoms with van der Waals surface area (Å²) in [5.41, 5.74) is 1.81. The van der Waals surface area contributed by atoms with Crippen molar-refractivity contribution in [1.82, 2.24) is 9.80 Å². The largest absolute Gasteiger partial charge is 0.489 e. The van der Waals surface area contributed by atoms with Crippen LogP contribution in [0.3, 0.4) is 0 Å². The lowest BCUT2D eigenvalue weighted by Gasteiger charge is -2.34. The van der Waals surface area contributed by atoms with Gasteiger partial charge in [0.2, 0.25) is 0 Å². The van der Waals surface area contributed by atoms with E-state index in [2.05, 4.69) is 27.8 Å². The molecule has 2 aromatic rings. The summed E-state index contributed by atoms with van der Waals surface area (Å²) in [7, 11) is 0. The first-order chi connectivity index (χ1) is 12.2. The highest BCUT2D eigenvalue weighted by Crippen LogP contribution is 2.25. The van der Waals surface area contributed by atoms with E-state index in [0.29, 0.717) is 12.2 Å². The third-order valence-corrected chi connectivity index (χ3v) is 5.18. The van der Waals surface area contributed by atoms with Crippen molar-refractivity contribution in [3.8, 4) is 5.75 Å². The Morgan fingerprint density at radius 3 is 2.44 bits per heavy atom. The third kappa shape index (κ3) is 4.61. The maximum Gasteiger partial charge on any atom is 0.255 e. The van der Waals surface area contributed by atoms with Gasteiger partial charge in [-0.1, -0.05) is 37.3 Å². The summed E-state index contributed by atoms with van der Waals surface area (Å²) < 4.78 is 6.60. The van der Waals surface area contributed by atoms with Crippen LogP contribution in [0.4, 0.5) is 0 Å². The summed E-state index contributed by atoms with van der Waals surface area (Å²) in [5.74, 6) is 0.834. The van der Waals surface area contributed by atoms with E-state index in [0.717, 1.165) is 48.5 Å². The average Bonchev–Trinajstić information content (AvgIpc) is 2.67. The van der Waals surface area contributed by atoms with Gasteiger partial charge in [-0.25, -0.2) is 0 Å². The first-order valence-corrected chi connectivity index (χ1v) is 9.44. The zero-order valence-corrected chi connectivity index (χ0v) is 16.0. The molecule has 4 nitrogen and oxygen atoms in total. The molecule has 0 N–H and O–H groups in total. The quantitative estimate of drug-likeness (QED) is 0.762.